The quantitative estimate of drug-likeness (QED) is 0.727. The summed E-state index contributed by atoms with van der Waals surface area (Å²) in [5.41, 5.74) is 2.53. The third-order valence-corrected chi connectivity index (χ3v) is 4.93. The summed E-state index contributed by atoms with van der Waals surface area (Å²) in [6.07, 6.45) is 2.38. The van der Waals surface area contributed by atoms with Crippen LogP contribution in [0.25, 0.3) is 17.2 Å². The first-order valence-corrected chi connectivity index (χ1v) is 9.52. The number of aliphatic hydroxyl groups excluding tert-OH is 1. The van der Waals surface area contributed by atoms with Crippen LogP contribution in [0.15, 0.2) is 36.4 Å². The minimum atomic E-state index is -0.755. The maximum Gasteiger partial charge on any atom is 0.309 e. The molecule has 0 bridgehead atoms. The number of ether oxygens (including phenoxy) is 2. The Morgan fingerprint density at radius 1 is 1.24 bits per heavy atom. The van der Waals surface area contributed by atoms with E-state index in [0.29, 0.717) is 23.1 Å². The van der Waals surface area contributed by atoms with Crippen molar-refractivity contribution in [3.8, 4) is 16.9 Å². The van der Waals surface area contributed by atoms with Gasteiger partial charge in [0.25, 0.3) is 0 Å². The Bertz CT molecular complexity index is 919. The highest BCUT2D eigenvalue weighted by atomic mass is 19.1. The van der Waals surface area contributed by atoms with Crippen LogP contribution in [0.4, 0.5) is 8.78 Å². The van der Waals surface area contributed by atoms with Gasteiger partial charge in [0.2, 0.25) is 0 Å². The summed E-state index contributed by atoms with van der Waals surface area (Å²) in [5.74, 6) is -1.31. The highest BCUT2D eigenvalue weighted by Gasteiger charge is 2.26. The summed E-state index contributed by atoms with van der Waals surface area (Å²) < 4.78 is 38.8. The zero-order chi connectivity index (χ0) is 21.1. The second-order valence-corrected chi connectivity index (χ2v) is 7.41. The molecule has 0 radical (unpaired) electrons. The van der Waals surface area contributed by atoms with Gasteiger partial charge >= 0.3 is 5.97 Å². The second kappa shape index (κ2) is 8.74. The Morgan fingerprint density at radius 3 is 2.52 bits per heavy atom. The molecule has 1 saturated heterocycles. The van der Waals surface area contributed by atoms with Gasteiger partial charge in [-0.25, -0.2) is 8.78 Å². The van der Waals surface area contributed by atoms with Crippen LogP contribution in [0.3, 0.4) is 0 Å². The van der Waals surface area contributed by atoms with Crippen molar-refractivity contribution >= 4 is 12.0 Å². The van der Waals surface area contributed by atoms with E-state index in [4.69, 9.17) is 9.47 Å². The minimum absolute atomic E-state index is 0.00579. The van der Waals surface area contributed by atoms with Crippen molar-refractivity contribution in [2.45, 2.75) is 44.8 Å². The van der Waals surface area contributed by atoms with Gasteiger partial charge in [-0.3, -0.25) is 4.79 Å². The van der Waals surface area contributed by atoms with Crippen molar-refractivity contribution in [2.75, 3.05) is 7.11 Å². The fraction of sp³-hybridized carbons (Fsp3) is 0.348. The minimum Gasteiger partial charge on any atom is -0.493 e. The number of halogens is 2. The maximum atomic E-state index is 14.8. The van der Waals surface area contributed by atoms with E-state index in [0.717, 1.165) is 5.56 Å². The van der Waals surface area contributed by atoms with Crippen molar-refractivity contribution in [1.29, 1.82) is 0 Å². The largest absolute Gasteiger partial charge is 0.493 e. The van der Waals surface area contributed by atoms with Crippen molar-refractivity contribution in [3.05, 3.63) is 59.2 Å². The average Bonchev–Trinajstić information content (AvgIpc) is 2.66. The second-order valence-electron chi connectivity index (χ2n) is 7.41. The molecule has 0 saturated carbocycles. The Kier molecular flexibility index (Phi) is 6.33. The number of esters is 1. The summed E-state index contributed by atoms with van der Waals surface area (Å²) in [6.45, 7) is 3.88. The third kappa shape index (κ3) is 4.65. The molecule has 1 heterocycles. The highest BCUT2D eigenvalue weighted by molar-refractivity contribution is 5.83. The van der Waals surface area contributed by atoms with Crippen molar-refractivity contribution in [3.63, 3.8) is 0 Å². The number of hydrogen-bond donors (Lipinski definition) is 1. The number of carbonyl (C=O) groups excluding carboxylic acids is 1. The molecule has 154 valence electrons. The molecule has 0 spiro atoms. The standard InChI is InChI=1S/C23H24F2O4/c1-13(2)19-12-20(25)23(28-3)22(14-4-6-15(24)7-5-14)18(19)9-8-17-10-16(26)11-21(27)29-17/h4-9,12-13,16-17,26H,10-11H2,1-3H3/t16-,17-/m1/s1. The summed E-state index contributed by atoms with van der Waals surface area (Å²) in [4.78, 5) is 11.6. The van der Waals surface area contributed by atoms with E-state index >= 15 is 0 Å². The van der Waals surface area contributed by atoms with Crippen LogP contribution in [-0.2, 0) is 9.53 Å². The zero-order valence-corrected chi connectivity index (χ0v) is 16.6. The smallest absolute Gasteiger partial charge is 0.309 e. The number of hydrogen-bond acceptors (Lipinski definition) is 4. The number of cyclic esters (lactones) is 1. The van der Waals surface area contributed by atoms with E-state index < -0.39 is 29.8 Å². The van der Waals surface area contributed by atoms with E-state index in [1.54, 1.807) is 24.3 Å². The monoisotopic (exact) mass is 402 g/mol. The molecule has 0 aliphatic carbocycles. The summed E-state index contributed by atoms with van der Waals surface area (Å²) in [5, 5.41) is 9.83. The van der Waals surface area contributed by atoms with Crippen molar-refractivity contribution in [2.24, 2.45) is 0 Å². The highest BCUT2D eigenvalue weighted by Crippen LogP contribution is 2.41. The average molecular weight is 402 g/mol. The Hall–Kier alpha value is -2.73. The van der Waals surface area contributed by atoms with Crippen molar-refractivity contribution in [1.82, 2.24) is 0 Å². The lowest BCUT2D eigenvalue weighted by atomic mass is 9.88. The molecule has 2 aromatic rings. The fourth-order valence-corrected chi connectivity index (χ4v) is 3.56. The molecule has 1 N–H and O–H groups in total. The molecular formula is C23H24F2O4. The third-order valence-electron chi connectivity index (χ3n) is 4.93. The van der Waals surface area contributed by atoms with Gasteiger partial charge in [-0.1, -0.05) is 32.1 Å². The summed E-state index contributed by atoms with van der Waals surface area (Å²) in [7, 11) is 1.38. The molecule has 0 unspecified atom stereocenters. The summed E-state index contributed by atoms with van der Waals surface area (Å²) in [6, 6.07) is 7.18. The topological polar surface area (TPSA) is 55.8 Å². The Morgan fingerprint density at radius 2 is 1.93 bits per heavy atom. The molecule has 1 aliphatic rings. The molecule has 0 aromatic heterocycles. The van der Waals surface area contributed by atoms with Gasteiger partial charge in [0.1, 0.15) is 11.9 Å². The first-order chi connectivity index (χ1) is 13.8. The maximum absolute atomic E-state index is 14.8. The molecule has 29 heavy (non-hydrogen) atoms. The van der Waals surface area contributed by atoms with Gasteiger partial charge in [-0.05, 0) is 46.9 Å². The van der Waals surface area contributed by atoms with Gasteiger partial charge in [-0.15, -0.1) is 0 Å². The summed E-state index contributed by atoms with van der Waals surface area (Å²) >= 11 is 0. The molecule has 0 amide bonds. The number of benzene rings is 2. The normalized spacial score (nSPS) is 19.6. The fourth-order valence-electron chi connectivity index (χ4n) is 3.56. The van der Waals surface area contributed by atoms with Gasteiger partial charge in [0.05, 0.1) is 19.6 Å². The molecule has 1 aliphatic heterocycles. The predicted octanol–water partition coefficient (Wildman–Crippen LogP) is 4.84. The SMILES string of the molecule is COc1c(F)cc(C(C)C)c(C=C[C@@H]2C[C@@H](O)CC(=O)O2)c1-c1ccc(F)cc1. The van der Waals surface area contributed by atoms with E-state index in [1.165, 1.54) is 25.3 Å². The van der Waals surface area contributed by atoms with E-state index in [2.05, 4.69) is 0 Å². The number of rotatable bonds is 5. The van der Waals surface area contributed by atoms with Crippen LogP contribution >= 0.6 is 0 Å². The van der Waals surface area contributed by atoms with Crippen molar-refractivity contribution < 1.29 is 28.2 Å². The van der Waals surface area contributed by atoms with Gasteiger partial charge < -0.3 is 14.6 Å². The van der Waals surface area contributed by atoms with Crippen LogP contribution in [0, 0.1) is 11.6 Å². The van der Waals surface area contributed by atoms with Crippen LogP contribution < -0.4 is 4.74 Å². The van der Waals surface area contributed by atoms with Crippen LogP contribution in [0.2, 0.25) is 0 Å². The van der Waals surface area contributed by atoms with Crippen LogP contribution in [-0.4, -0.2) is 30.4 Å². The van der Waals surface area contributed by atoms with E-state index in [1.807, 2.05) is 13.8 Å². The number of carbonyl (C=O) groups is 1. The molecule has 3 rings (SSSR count). The number of methoxy groups -OCH3 is 1. The molecule has 2 atom stereocenters. The lowest BCUT2D eigenvalue weighted by molar-refractivity contribution is -0.156. The Balaban J connectivity index is 2.16. The van der Waals surface area contributed by atoms with Crippen LogP contribution in [0.5, 0.6) is 5.75 Å². The Labute approximate surface area is 168 Å². The zero-order valence-electron chi connectivity index (χ0n) is 16.6. The van der Waals surface area contributed by atoms with E-state index in [-0.39, 0.29) is 18.1 Å². The lowest BCUT2D eigenvalue weighted by Crippen LogP contribution is -2.31. The van der Waals surface area contributed by atoms with Gasteiger partial charge in [-0.2, -0.15) is 0 Å². The van der Waals surface area contributed by atoms with Crippen LogP contribution in [0.1, 0.15) is 43.7 Å². The molecule has 6 heteroatoms. The van der Waals surface area contributed by atoms with Gasteiger partial charge in [0, 0.05) is 12.0 Å². The molecular weight excluding hydrogens is 378 g/mol. The predicted molar refractivity (Wildman–Crippen MR) is 107 cm³/mol. The molecule has 1 fully saturated rings. The first kappa shape index (κ1) is 21.0. The first-order valence-electron chi connectivity index (χ1n) is 9.52. The number of aliphatic hydroxyl groups is 1. The lowest BCUT2D eigenvalue weighted by Gasteiger charge is -2.24. The molecule has 4 nitrogen and oxygen atoms in total. The van der Waals surface area contributed by atoms with Gasteiger partial charge in [0.15, 0.2) is 11.6 Å². The molecule has 2 aromatic carbocycles. The van der Waals surface area contributed by atoms with E-state index in [9.17, 15) is 18.7 Å².